The van der Waals surface area contributed by atoms with Crippen molar-refractivity contribution < 1.29 is 41.7 Å². The van der Waals surface area contributed by atoms with E-state index in [1.165, 1.54) is 6.92 Å². The number of fused-ring (bicyclic) bond motifs is 5. The van der Waals surface area contributed by atoms with Gasteiger partial charge < -0.3 is 28.4 Å². The molecule has 6 rings (SSSR count). The van der Waals surface area contributed by atoms with Crippen molar-refractivity contribution in [1.29, 1.82) is 0 Å². The molecule has 3 aromatic rings. The highest BCUT2D eigenvalue weighted by molar-refractivity contribution is 7.91. The van der Waals surface area contributed by atoms with E-state index in [0.29, 0.717) is 16.9 Å². The normalized spacial score (nSPS) is 17.8. The molecule has 266 valence electrons. The van der Waals surface area contributed by atoms with Crippen LogP contribution in [-0.4, -0.2) is 73.3 Å². The van der Waals surface area contributed by atoms with Crippen LogP contribution in [0.4, 0.5) is 16.2 Å². The molecule has 0 amide bonds. The molecule has 15 nitrogen and oxygen atoms in total. The number of benzene rings is 1. The van der Waals surface area contributed by atoms with Crippen LogP contribution < -0.4 is 16.2 Å². The number of esters is 2. The Kier molecular flexibility index (Phi) is 9.68. The van der Waals surface area contributed by atoms with Crippen molar-refractivity contribution >= 4 is 56.5 Å². The largest absolute Gasteiger partial charge is 0.509 e. The zero-order valence-electron chi connectivity index (χ0n) is 28.1. The Hall–Kier alpha value is -4.83. The van der Waals surface area contributed by atoms with Crippen LogP contribution in [0.15, 0.2) is 34.1 Å². The van der Waals surface area contributed by atoms with Crippen LogP contribution in [0, 0.1) is 0 Å². The molecule has 2 aromatic heterocycles. The van der Waals surface area contributed by atoms with Gasteiger partial charge in [0.25, 0.3) is 5.56 Å². The summed E-state index contributed by atoms with van der Waals surface area (Å²) >= 11 is 0. The monoisotopic (exact) mass is 709 g/mol. The van der Waals surface area contributed by atoms with Crippen LogP contribution in [0.2, 0.25) is 0 Å². The number of nitrogens with zero attached hydrogens (tertiary/aromatic N) is 4. The summed E-state index contributed by atoms with van der Waals surface area (Å²) < 4.78 is 47.3. The number of ether oxygens (including phenoxy) is 4. The van der Waals surface area contributed by atoms with Crippen LogP contribution in [0.1, 0.15) is 69.6 Å². The minimum Gasteiger partial charge on any atom is -0.457 e. The number of carbonyl (C=O) groups excluding carboxylic acids is 3. The smallest absolute Gasteiger partial charge is 0.457 e. The third kappa shape index (κ3) is 6.44. The standard InChI is InChI=1S/C34H39N5O10S/c1-4-6-7-12-38-19-36-24-9-8-10-25-28(24)30(38)21-17-39-26(29(21)37-25)16-23-22(31(39)41)18-47-32(42)34(23,5-2)49-33(43)46-13-15-50(44,45)14-11-27(40)48-20(3)35/h8-10,16,19-20H,4-7,11-15,17-18,35H2,1-3H3/t20-,34+/m1/s1. The highest BCUT2D eigenvalue weighted by Gasteiger charge is 2.51. The molecule has 3 aliphatic heterocycles. The van der Waals surface area contributed by atoms with E-state index in [9.17, 15) is 27.6 Å². The molecule has 0 radical (unpaired) electrons. The van der Waals surface area contributed by atoms with Gasteiger partial charge in [-0.3, -0.25) is 15.3 Å². The van der Waals surface area contributed by atoms with E-state index < -0.39 is 69.9 Å². The highest BCUT2D eigenvalue weighted by Crippen LogP contribution is 2.47. The van der Waals surface area contributed by atoms with Crippen LogP contribution in [0.25, 0.3) is 22.3 Å². The molecule has 1 aromatic carbocycles. The molecule has 16 heteroatoms. The van der Waals surface area contributed by atoms with Crippen LogP contribution in [0.3, 0.4) is 0 Å². The fourth-order valence-corrected chi connectivity index (χ4v) is 7.61. The summed E-state index contributed by atoms with van der Waals surface area (Å²) in [6.07, 6.45) is 2.14. The van der Waals surface area contributed by atoms with Crippen molar-refractivity contribution in [2.24, 2.45) is 10.7 Å². The number of anilines is 1. The van der Waals surface area contributed by atoms with E-state index in [1.54, 1.807) is 17.6 Å². The van der Waals surface area contributed by atoms with Crippen molar-refractivity contribution in [3.63, 3.8) is 0 Å². The molecule has 0 saturated heterocycles. The van der Waals surface area contributed by atoms with Crippen molar-refractivity contribution in [1.82, 2.24) is 9.55 Å². The Morgan fingerprint density at radius 1 is 1.14 bits per heavy atom. The van der Waals surface area contributed by atoms with Crippen LogP contribution in [0.5, 0.6) is 0 Å². The van der Waals surface area contributed by atoms with Crippen LogP contribution in [-0.2, 0) is 57.1 Å². The SMILES string of the molecule is CCCCCN1C=Nc2cccc3nc4c(c1c23)Cn1c-4cc2c(c1=O)COC(=O)[C@@]2(CC)OC(=O)OCCS(=O)(=O)CCC(=O)O[C@H](C)N. The molecule has 0 saturated carbocycles. The summed E-state index contributed by atoms with van der Waals surface area (Å²) in [6, 6.07) is 7.35. The van der Waals surface area contributed by atoms with Gasteiger partial charge in [-0.15, -0.1) is 0 Å². The number of hydrogen-bond acceptors (Lipinski definition) is 14. The Morgan fingerprint density at radius 2 is 1.94 bits per heavy atom. The second kappa shape index (κ2) is 13.8. The fraction of sp³-hybridized carbons (Fsp3) is 0.471. The molecule has 3 aliphatic rings. The number of pyridine rings is 2. The lowest BCUT2D eigenvalue weighted by molar-refractivity contribution is -0.175. The summed E-state index contributed by atoms with van der Waals surface area (Å²) in [5, 5.41) is 0.899. The number of rotatable bonds is 13. The van der Waals surface area contributed by atoms with Crippen LogP contribution >= 0.6 is 0 Å². The number of aliphatic imine (C=N–C) groups is 1. The molecular weight excluding hydrogens is 670 g/mol. The molecule has 2 atom stereocenters. The number of carbonyl (C=O) groups is 3. The minimum absolute atomic E-state index is 0.106. The highest BCUT2D eigenvalue weighted by atomic mass is 32.2. The average molecular weight is 710 g/mol. The van der Waals surface area contributed by atoms with Crippen molar-refractivity contribution in [2.45, 2.75) is 77.9 Å². The Morgan fingerprint density at radius 3 is 2.68 bits per heavy atom. The first-order valence-electron chi connectivity index (χ1n) is 16.6. The van der Waals surface area contributed by atoms with Gasteiger partial charge in [0.15, 0.2) is 9.84 Å². The Labute approximate surface area is 288 Å². The maximum Gasteiger partial charge on any atom is 0.509 e. The van der Waals surface area contributed by atoms with Gasteiger partial charge in [-0.1, -0.05) is 32.8 Å². The van der Waals surface area contributed by atoms with Gasteiger partial charge in [0.2, 0.25) is 5.60 Å². The molecule has 0 fully saturated rings. The first kappa shape index (κ1) is 35.0. The minimum atomic E-state index is -3.82. The zero-order chi connectivity index (χ0) is 35.8. The van der Waals surface area contributed by atoms with E-state index in [1.807, 2.05) is 24.5 Å². The van der Waals surface area contributed by atoms with Gasteiger partial charge in [0, 0.05) is 17.7 Å². The third-order valence-electron chi connectivity index (χ3n) is 9.06. The van der Waals surface area contributed by atoms with Gasteiger partial charge in [-0.25, -0.2) is 28.0 Å². The zero-order valence-corrected chi connectivity index (χ0v) is 28.9. The van der Waals surface area contributed by atoms with E-state index in [-0.39, 0.29) is 30.7 Å². The van der Waals surface area contributed by atoms with Gasteiger partial charge >= 0.3 is 18.1 Å². The Bertz CT molecular complexity index is 2080. The molecule has 0 spiro atoms. The first-order valence-corrected chi connectivity index (χ1v) is 18.4. The third-order valence-corrected chi connectivity index (χ3v) is 10.7. The molecule has 50 heavy (non-hydrogen) atoms. The number of sulfone groups is 1. The number of unbranched alkanes of at least 4 members (excludes halogenated alkanes) is 2. The summed E-state index contributed by atoms with van der Waals surface area (Å²) in [4.78, 5) is 63.9. The average Bonchev–Trinajstić information content (AvgIpc) is 3.44. The van der Waals surface area contributed by atoms with Crippen molar-refractivity contribution in [2.75, 3.05) is 29.6 Å². The summed E-state index contributed by atoms with van der Waals surface area (Å²) in [5.41, 5.74) is 7.53. The maximum absolute atomic E-state index is 14.1. The number of aromatic nitrogens is 2. The van der Waals surface area contributed by atoms with Gasteiger partial charge in [-0.2, -0.15) is 0 Å². The molecule has 0 unspecified atom stereocenters. The summed E-state index contributed by atoms with van der Waals surface area (Å²) in [5.74, 6) is -2.82. The maximum atomic E-state index is 14.1. The quantitative estimate of drug-likeness (QED) is 0.0916. The predicted octanol–water partition coefficient (Wildman–Crippen LogP) is 3.56. The van der Waals surface area contributed by atoms with Gasteiger partial charge in [0.1, 0.15) is 19.4 Å². The lowest BCUT2D eigenvalue weighted by Gasteiger charge is -2.35. The lowest BCUT2D eigenvalue weighted by Crippen LogP contribution is -2.47. The topological polar surface area (TPSA) is 199 Å². The molecule has 2 N–H and O–H groups in total. The second-order valence-corrected chi connectivity index (χ2v) is 14.8. The second-order valence-electron chi connectivity index (χ2n) is 12.5. The summed E-state index contributed by atoms with van der Waals surface area (Å²) in [7, 11) is -3.82. The van der Waals surface area contributed by atoms with E-state index in [2.05, 4.69) is 16.8 Å². The number of hydrogen-bond donors (Lipinski definition) is 1. The first-order chi connectivity index (χ1) is 23.9. The van der Waals surface area contributed by atoms with E-state index in [0.717, 1.165) is 48.1 Å². The van der Waals surface area contributed by atoms with E-state index >= 15 is 0 Å². The van der Waals surface area contributed by atoms with E-state index in [4.69, 9.17) is 29.7 Å². The van der Waals surface area contributed by atoms with Gasteiger partial charge in [-0.05, 0) is 38.0 Å². The van der Waals surface area contributed by atoms with Crippen molar-refractivity contribution in [3.05, 3.63) is 51.3 Å². The van der Waals surface area contributed by atoms with Crippen molar-refractivity contribution in [3.8, 4) is 11.4 Å². The fourth-order valence-electron chi connectivity index (χ4n) is 6.59. The van der Waals surface area contributed by atoms with Gasteiger partial charge in [0.05, 0.1) is 70.0 Å². The molecular formula is C34H39N5O10S. The Balaban J connectivity index is 1.30. The molecule has 5 heterocycles. The number of nitrogens with two attached hydrogens (primary N) is 1. The predicted molar refractivity (Wildman–Crippen MR) is 183 cm³/mol. The lowest BCUT2D eigenvalue weighted by atomic mass is 9.85. The summed E-state index contributed by atoms with van der Waals surface area (Å²) in [6.45, 7) is 5.20. The molecule has 0 bridgehead atoms. The number of cyclic esters (lactones) is 1. The molecule has 0 aliphatic carbocycles.